The van der Waals surface area contributed by atoms with Crippen LogP contribution in [0, 0.1) is 0 Å². The number of anilines is 1. The average molecular weight is 238 g/mol. The van der Waals surface area contributed by atoms with Crippen molar-refractivity contribution in [1.29, 1.82) is 0 Å². The van der Waals surface area contributed by atoms with E-state index in [1.807, 2.05) is 24.3 Å². The van der Waals surface area contributed by atoms with Crippen LogP contribution in [0.3, 0.4) is 0 Å². The zero-order valence-corrected chi connectivity index (χ0v) is 9.45. The van der Waals surface area contributed by atoms with Gasteiger partial charge in [-0.2, -0.15) is 4.68 Å². The molecule has 0 spiro atoms. The van der Waals surface area contributed by atoms with E-state index in [2.05, 4.69) is 10.3 Å². The minimum atomic E-state index is -0.219. The lowest BCUT2D eigenvalue weighted by molar-refractivity contribution is 0.0948. The molecule has 3 aromatic rings. The summed E-state index contributed by atoms with van der Waals surface area (Å²) in [5, 5.41) is 7.83. The molecule has 2 aromatic carbocycles. The van der Waals surface area contributed by atoms with Crippen LogP contribution in [-0.4, -0.2) is 20.9 Å². The summed E-state index contributed by atoms with van der Waals surface area (Å²) in [6, 6.07) is 14.0. The smallest absolute Gasteiger partial charge is 0.280 e. The Labute approximate surface area is 103 Å². The van der Waals surface area contributed by atoms with E-state index in [1.165, 1.54) is 4.68 Å². The van der Waals surface area contributed by atoms with Gasteiger partial charge in [-0.15, -0.1) is 5.10 Å². The molecular formula is C13H10N4O. The third-order valence-electron chi connectivity index (χ3n) is 2.70. The van der Waals surface area contributed by atoms with Crippen molar-refractivity contribution in [2.45, 2.75) is 0 Å². The number of carbonyl (C=O) groups is 1. The molecule has 1 heterocycles. The van der Waals surface area contributed by atoms with E-state index in [0.29, 0.717) is 22.3 Å². The Hall–Kier alpha value is -2.69. The summed E-state index contributed by atoms with van der Waals surface area (Å²) in [6.07, 6.45) is 0. The maximum Gasteiger partial charge on any atom is 0.280 e. The normalized spacial score (nSPS) is 10.7. The predicted octanol–water partition coefficient (Wildman–Crippen LogP) is 1.70. The average Bonchev–Trinajstić information content (AvgIpc) is 2.82. The molecule has 0 saturated carbocycles. The number of hydrogen-bond acceptors (Lipinski definition) is 4. The number of rotatable bonds is 1. The Balaban J connectivity index is 2.09. The van der Waals surface area contributed by atoms with E-state index < -0.39 is 0 Å². The molecule has 0 aliphatic heterocycles. The van der Waals surface area contributed by atoms with E-state index >= 15 is 0 Å². The summed E-state index contributed by atoms with van der Waals surface area (Å²) in [5.74, 6) is -0.219. The number of para-hydroxylation sites is 1. The van der Waals surface area contributed by atoms with Crippen molar-refractivity contribution < 1.29 is 4.79 Å². The molecule has 0 aliphatic carbocycles. The first-order valence-electron chi connectivity index (χ1n) is 5.46. The SMILES string of the molecule is Nc1ccc(C(=O)n2nnc3ccccc32)cc1. The van der Waals surface area contributed by atoms with Gasteiger partial charge in [-0.3, -0.25) is 4.79 Å². The summed E-state index contributed by atoms with van der Waals surface area (Å²) in [6.45, 7) is 0. The Morgan fingerprint density at radius 3 is 2.56 bits per heavy atom. The second-order valence-corrected chi connectivity index (χ2v) is 3.92. The van der Waals surface area contributed by atoms with Crippen LogP contribution in [0.25, 0.3) is 11.0 Å². The molecule has 88 valence electrons. The fourth-order valence-electron chi connectivity index (χ4n) is 1.77. The Bertz CT molecular complexity index is 715. The molecule has 0 fully saturated rings. The molecule has 0 radical (unpaired) electrons. The number of nitrogens with zero attached hydrogens (tertiary/aromatic N) is 3. The highest BCUT2D eigenvalue weighted by Gasteiger charge is 2.13. The second kappa shape index (κ2) is 3.96. The number of hydrogen-bond donors (Lipinski definition) is 1. The van der Waals surface area contributed by atoms with E-state index in [0.717, 1.165) is 0 Å². The number of benzene rings is 2. The zero-order chi connectivity index (χ0) is 12.5. The van der Waals surface area contributed by atoms with Crippen LogP contribution in [0.15, 0.2) is 48.5 Å². The molecule has 5 heteroatoms. The van der Waals surface area contributed by atoms with Gasteiger partial charge in [0, 0.05) is 11.3 Å². The van der Waals surface area contributed by atoms with E-state index in [1.54, 1.807) is 24.3 Å². The van der Waals surface area contributed by atoms with Gasteiger partial charge in [0.25, 0.3) is 5.91 Å². The van der Waals surface area contributed by atoms with Gasteiger partial charge in [-0.1, -0.05) is 17.3 Å². The fraction of sp³-hybridized carbons (Fsp3) is 0. The number of aromatic nitrogens is 3. The summed E-state index contributed by atoms with van der Waals surface area (Å²) in [4.78, 5) is 12.3. The van der Waals surface area contributed by atoms with E-state index in [4.69, 9.17) is 5.73 Å². The van der Waals surface area contributed by atoms with Crippen molar-refractivity contribution in [1.82, 2.24) is 15.0 Å². The van der Waals surface area contributed by atoms with Crippen molar-refractivity contribution in [3.8, 4) is 0 Å². The monoisotopic (exact) mass is 238 g/mol. The lowest BCUT2D eigenvalue weighted by atomic mass is 10.2. The van der Waals surface area contributed by atoms with Crippen LogP contribution in [0.4, 0.5) is 5.69 Å². The van der Waals surface area contributed by atoms with Crippen molar-refractivity contribution >= 4 is 22.6 Å². The standard InChI is InChI=1S/C13H10N4O/c14-10-7-5-9(6-8-10)13(18)17-12-4-2-1-3-11(12)15-16-17/h1-8H,14H2. The molecule has 2 N–H and O–H groups in total. The molecular weight excluding hydrogens is 228 g/mol. The number of fused-ring (bicyclic) bond motifs is 1. The Morgan fingerprint density at radius 2 is 1.78 bits per heavy atom. The summed E-state index contributed by atoms with van der Waals surface area (Å²) in [7, 11) is 0. The highest BCUT2D eigenvalue weighted by molar-refractivity contribution is 6.00. The Kier molecular flexibility index (Phi) is 2.30. The largest absolute Gasteiger partial charge is 0.399 e. The first-order chi connectivity index (χ1) is 8.75. The van der Waals surface area contributed by atoms with Crippen LogP contribution in [0.2, 0.25) is 0 Å². The van der Waals surface area contributed by atoms with Crippen LogP contribution < -0.4 is 5.73 Å². The van der Waals surface area contributed by atoms with Gasteiger partial charge in [0.1, 0.15) is 5.52 Å². The third-order valence-corrected chi connectivity index (χ3v) is 2.70. The molecule has 0 amide bonds. The van der Waals surface area contributed by atoms with Crippen molar-refractivity contribution in [2.24, 2.45) is 0 Å². The van der Waals surface area contributed by atoms with Gasteiger partial charge in [0.05, 0.1) is 5.52 Å². The minimum Gasteiger partial charge on any atom is -0.399 e. The molecule has 0 saturated heterocycles. The van der Waals surface area contributed by atoms with Gasteiger partial charge < -0.3 is 5.73 Å². The number of carbonyl (C=O) groups excluding carboxylic acids is 1. The number of nitrogens with two attached hydrogens (primary N) is 1. The Morgan fingerprint density at radius 1 is 1.06 bits per heavy atom. The summed E-state index contributed by atoms with van der Waals surface area (Å²) < 4.78 is 1.29. The van der Waals surface area contributed by atoms with Gasteiger partial charge >= 0.3 is 0 Å². The van der Waals surface area contributed by atoms with Crippen LogP contribution >= 0.6 is 0 Å². The second-order valence-electron chi connectivity index (χ2n) is 3.92. The molecule has 5 nitrogen and oxygen atoms in total. The number of nitrogen functional groups attached to an aromatic ring is 1. The first-order valence-corrected chi connectivity index (χ1v) is 5.46. The lowest BCUT2D eigenvalue weighted by Gasteiger charge is -2.01. The first kappa shape index (κ1) is 10.5. The molecule has 3 rings (SSSR count). The van der Waals surface area contributed by atoms with Crippen LogP contribution in [-0.2, 0) is 0 Å². The van der Waals surface area contributed by atoms with Gasteiger partial charge in [0.15, 0.2) is 0 Å². The van der Waals surface area contributed by atoms with Crippen molar-refractivity contribution in [2.75, 3.05) is 5.73 Å². The zero-order valence-electron chi connectivity index (χ0n) is 9.45. The molecule has 0 bridgehead atoms. The maximum absolute atomic E-state index is 12.3. The lowest BCUT2D eigenvalue weighted by Crippen LogP contribution is -2.13. The predicted molar refractivity (Wildman–Crippen MR) is 68.1 cm³/mol. The van der Waals surface area contributed by atoms with Gasteiger partial charge in [0.2, 0.25) is 0 Å². The minimum absolute atomic E-state index is 0.219. The molecule has 0 aliphatic rings. The quantitative estimate of drug-likeness (QED) is 0.655. The third kappa shape index (κ3) is 1.62. The van der Waals surface area contributed by atoms with E-state index in [-0.39, 0.29) is 5.91 Å². The van der Waals surface area contributed by atoms with Crippen molar-refractivity contribution in [3.05, 3.63) is 54.1 Å². The highest BCUT2D eigenvalue weighted by Crippen LogP contribution is 2.13. The van der Waals surface area contributed by atoms with Crippen LogP contribution in [0.1, 0.15) is 10.4 Å². The fourth-order valence-corrected chi connectivity index (χ4v) is 1.77. The molecule has 18 heavy (non-hydrogen) atoms. The molecule has 0 atom stereocenters. The highest BCUT2D eigenvalue weighted by atomic mass is 16.2. The molecule has 0 unspecified atom stereocenters. The van der Waals surface area contributed by atoms with Crippen molar-refractivity contribution in [3.63, 3.8) is 0 Å². The van der Waals surface area contributed by atoms with E-state index in [9.17, 15) is 4.79 Å². The van der Waals surface area contributed by atoms with Gasteiger partial charge in [-0.25, -0.2) is 0 Å². The maximum atomic E-state index is 12.3. The topological polar surface area (TPSA) is 73.8 Å². The van der Waals surface area contributed by atoms with Gasteiger partial charge in [-0.05, 0) is 36.4 Å². The summed E-state index contributed by atoms with van der Waals surface area (Å²) in [5.41, 5.74) is 8.13. The summed E-state index contributed by atoms with van der Waals surface area (Å²) >= 11 is 0. The van der Waals surface area contributed by atoms with Crippen LogP contribution in [0.5, 0.6) is 0 Å². The molecule has 1 aromatic heterocycles.